The summed E-state index contributed by atoms with van der Waals surface area (Å²) >= 11 is 1.75. The van der Waals surface area contributed by atoms with Crippen molar-refractivity contribution in [3.05, 3.63) is 46.5 Å². The number of ether oxygens (including phenoxy) is 2. The van der Waals surface area contributed by atoms with E-state index in [9.17, 15) is 9.59 Å². The molecule has 5 nitrogen and oxygen atoms in total. The number of amides is 1. The lowest BCUT2D eigenvalue weighted by molar-refractivity contribution is -0.132. The second-order valence-corrected chi connectivity index (χ2v) is 9.20. The molecule has 1 aliphatic rings. The highest BCUT2D eigenvalue weighted by Gasteiger charge is 2.35. The van der Waals surface area contributed by atoms with E-state index in [4.69, 9.17) is 9.47 Å². The third-order valence-electron chi connectivity index (χ3n) is 5.53. The highest BCUT2D eigenvalue weighted by atomic mass is 32.2. The van der Waals surface area contributed by atoms with Crippen LogP contribution in [0.4, 0.5) is 5.69 Å². The third kappa shape index (κ3) is 4.81. The largest absolute Gasteiger partial charge is 0.486 e. The van der Waals surface area contributed by atoms with Gasteiger partial charge in [0.05, 0.1) is 0 Å². The van der Waals surface area contributed by atoms with Gasteiger partial charge in [-0.1, -0.05) is 0 Å². The minimum Gasteiger partial charge on any atom is -0.486 e. The molecular weight excluding hydrogens is 398 g/mol. The number of hydrogen-bond acceptors (Lipinski definition) is 5. The van der Waals surface area contributed by atoms with Crippen molar-refractivity contribution in [2.75, 3.05) is 11.1 Å². The molecule has 1 unspecified atom stereocenters. The number of hydrogen-bond donors (Lipinski definition) is 1. The van der Waals surface area contributed by atoms with Gasteiger partial charge in [-0.25, -0.2) is 0 Å². The quantitative estimate of drug-likeness (QED) is 0.395. The highest BCUT2D eigenvalue weighted by molar-refractivity contribution is 7.99. The van der Waals surface area contributed by atoms with Crippen LogP contribution in [0.2, 0.25) is 0 Å². The molecule has 1 N–H and O–H groups in total. The van der Waals surface area contributed by atoms with E-state index < -0.39 is 0 Å². The van der Waals surface area contributed by atoms with Crippen molar-refractivity contribution >= 4 is 29.3 Å². The van der Waals surface area contributed by atoms with Gasteiger partial charge in [0.2, 0.25) is 5.91 Å². The summed E-state index contributed by atoms with van der Waals surface area (Å²) in [5.74, 6) is 2.03. The molecule has 0 aliphatic carbocycles. The van der Waals surface area contributed by atoms with Gasteiger partial charge in [-0.2, -0.15) is 0 Å². The zero-order valence-electron chi connectivity index (χ0n) is 18.5. The molecule has 2 aromatic carbocycles. The van der Waals surface area contributed by atoms with E-state index in [1.54, 1.807) is 11.8 Å². The average Bonchev–Trinajstić information content (AvgIpc) is 2.68. The minimum absolute atomic E-state index is 0.0741. The lowest BCUT2D eigenvalue weighted by Crippen LogP contribution is -2.39. The molecule has 0 saturated carbocycles. The molecule has 3 rings (SSSR count). The first kappa shape index (κ1) is 22.2. The summed E-state index contributed by atoms with van der Waals surface area (Å²) in [7, 11) is 0. The number of rotatable bonds is 5. The van der Waals surface area contributed by atoms with Gasteiger partial charge < -0.3 is 14.8 Å². The normalized spacial score (nSPS) is 17.7. The minimum atomic E-state index is -0.303. The molecule has 30 heavy (non-hydrogen) atoms. The molecule has 0 radical (unpaired) electrons. The van der Waals surface area contributed by atoms with Crippen molar-refractivity contribution in [1.82, 2.24) is 0 Å². The molecule has 0 bridgehead atoms. The summed E-state index contributed by atoms with van der Waals surface area (Å²) < 4.78 is 12.0. The average molecular weight is 428 g/mol. The van der Waals surface area contributed by atoms with E-state index in [0.717, 1.165) is 57.2 Å². The van der Waals surface area contributed by atoms with Gasteiger partial charge in [-0.05, 0) is 81.5 Å². The number of carbonyl (C=O) groups excluding carboxylic acids is 2. The van der Waals surface area contributed by atoms with Gasteiger partial charge in [0, 0.05) is 35.7 Å². The zero-order chi connectivity index (χ0) is 22.1. The third-order valence-corrected chi connectivity index (χ3v) is 6.89. The SMILES string of the molecule is CC(=O)Nc1ccc(SCC2(C)CCc3c(C)c(OC(C)=O)c(C)c(C)c3O2)cc1. The van der Waals surface area contributed by atoms with E-state index in [-0.39, 0.29) is 17.5 Å². The molecule has 0 spiro atoms. The Hall–Kier alpha value is -2.47. The number of fused-ring (bicyclic) bond motifs is 1. The van der Waals surface area contributed by atoms with E-state index in [0.29, 0.717) is 5.75 Å². The van der Waals surface area contributed by atoms with Crippen LogP contribution in [0.5, 0.6) is 11.5 Å². The number of thioether (sulfide) groups is 1. The molecule has 160 valence electrons. The van der Waals surface area contributed by atoms with Gasteiger partial charge in [-0.3, -0.25) is 9.59 Å². The summed E-state index contributed by atoms with van der Waals surface area (Å²) in [4.78, 5) is 23.8. The zero-order valence-corrected chi connectivity index (χ0v) is 19.3. The fraction of sp³-hybridized carbons (Fsp3) is 0.417. The van der Waals surface area contributed by atoms with E-state index >= 15 is 0 Å². The molecule has 6 heteroatoms. The molecule has 1 heterocycles. The molecule has 0 aromatic heterocycles. The van der Waals surface area contributed by atoms with Crippen LogP contribution in [0.1, 0.15) is 49.4 Å². The second-order valence-electron chi connectivity index (χ2n) is 8.15. The first-order valence-corrected chi connectivity index (χ1v) is 11.1. The second kappa shape index (κ2) is 8.72. The molecular formula is C24H29NO4S. The van der Waals surface area contributed by atoms with Crippen LogP contribution in [0.25, 0.3) is 0 Å². The predicted octanol–water partition coefficient (Wildman–Crippen LogP) is 5.37. The van der Waals surface area contributed by atoms with Crippen molar-refractivity contribution in [2.24, 2.45) is 0 Å². The maximum atomic E-state index is 11.5. The number of anilines is 1. The summed E-state index contributed by atoms with van der Waals surface area (Å²) in [5, 5.41) is 2.78. The molecule has 2 aromatic rings. The molecule has 1 amide bonds. The fourth-order valence-corrected chi connectivity index (χ4v) is 4.76. The molecule has 1 aliphatic heterocycles. The maximum Gasteiger partial charge on any atom is 0.308 e. The Morgan fingerprint density at radius 1 is 1.10 bits per heavy atom. The molecule has 0 saturated heterocycles. The van der Waals surface area contributed by atoms with Crippen LogP contribution in [0.15, 0.2) is 29.2 Å². The number of carbonyl (C=O) groups is 2. The Bertz CT molecular complexity index is 984. The summed E-state index contributed by atoms with van der Waals surface area (Å²) in [6.07, 6.45) is 1.77. The maximum absolute atomic E-state index is 11.5. The van der Waals surface area contributed by atoms with Gasteiger partial charge >= 0.3 is 5.97 Å². The van der Waals surface area contributed by atoms with Crippen molar-refractivity contribution in [2.45, 2.75) is 64.9 Å². The number of benzene rings is 2. The number of esters is 1. The van der Waals surface area contributed by atoms with Gasteiger partial charge in [0.1, 0.15) is 17.1 Å². The van der Waals surface area contributed by atoms with Crippen molar-refractivity contribution in [3.63, 3.8) is 0 Å². The van der Waals surface area contributed by atoms with Gasteiger partial charge in [0.15, 0.2) is 0 Å². The van der Waals surface area contributed by atoms with Gasteiger partial charge in [-0.15, -0.1) is 11.8 Å². The van der Waals surface area contributed by atoms with Crippen LogP contribution >= 0.6 is 11.8 Å². The van der Waals surface area contributed by atoms with E-state index in [1.807, 2.05) is 45.0 Å². The first-order chi connectivity index (χ1) is 14.1. The number of nitrogens with one attached hydrogen (secondary N) is 1. The molecule has 1 atom stereocenters. The van der Waals surface area contributed by atoms with Crippen LogP contribution in [-0.4, -0.2) is 23.2 Å². The summed E-state index contributed by atoms with van der Waals surface area (Å²) in [6.45, 7) is 11.1. The molecule has 0 fully saturated rings. The smallest absolute Gasteiger partial charge is 0.308 e. The summed E-state index contributed by atoms with van der Waals surface area (Å²) in [5.41, 5.74) is 4.61. The highest BCUT2D eigenvalue weighted by Crippen LogP contribution is 2.44. The Morgan fingerprint density at radius 3 is 2.37 bits per heavy atom. The Kier molecular flexibility index (Phi) is 6.46. The predicted molar refractivity (Wildman–Crippen MR) is 121 cm³/mol. The van der Waals surface area contributed by atoms with Crippen molar-refractivity contribution in [1.29, 1.82) is 0 Å². The van der Waals surface area contributed by atoms with Gasteiger partial charge in [0.25, 0.3) is 0 Å². The van der Waals surface area contributed by atoms with E-state index in [1.165, 1.54) is 13.8 Å². The fourth-order valence-electron chi connectivity index (χ4n) is 3.75. The van der Waals surface area contributed by atoms with Crippen molar-refractivity contribution in [3.8, 4) is 11.5 Å². The Balaban J connectivity index is 1.76. The van der Waals surface area contributed by atoms with Crippen molar-refractivity contribution < 1.29 is 19.1 Å². The monoisotopic (exact) mass is 427 g/mol. The first-order valence-electron chi connectivity index (χ1n) is 10.1. The lowest BCUT2D eigenvalue weighted by Gasteiger charge is -2.38. The van der Waals surface area contributed by atoms with E-state index in [2.05, 4.69) is 12.2 Å². The Labute approximate surface area is 182 Å². The standard InChI is InChI=1S/C24H29NO4S/c1-14-15(2)23-21(16(3)22(14)28-18(5)27)11-12-24(6,29-23)13-30-20-9-7-19(8-10-20)25-17(4)26/h7-10H,11-13H2,1-6H3,(H,25,26). The van der Waals surface area contributed by atoms with Crippen LogP contribution < -0.4 is 14.8 Å². The summed E-state index contributed by atoms with van der Waals surface area (Å²) in [6, 6.07) is 7.86. The van der Waals surface area contributed by atoms with Crippen LogP contribution in [0.3, 0.4) is 0 Å². The van der Waals surface area contributed by atoms with Crippen LogP contribution in [-0.2, 0) is 16.0 Å². The van der Waals surface area contributed by atoms with Crippen LogP contribution in [0, 0.1) is 20.8 Å². The topological polar surface area (TPSA) is 64.6 Å². The lowest BCUT2D eigenvalue weighted by atomic mass is 9.88. The Morgan fingerprint density at radius 2 is 1.77 bits per heavy atom.